The lowest BCUT2D eigenvalue weighted by molar-refractivity contribution is -0.633. The van der Waals surface area contributed by atoms with Gasteiger partial charge in [-0.1, -0.05) is 197 Å². The van der Waals surface area contributed by atoms with E-state index in [0.717, 1.165) is 53.0 Å². The molecule has 5 aliphatic carbocycles. The van der Waals surface area contributed by atoms with Gasteiger partial charge in [-0.2, -0.15) is 22.8 Å². The van der Waals surface area contributed by atoms with Crippen LogP contribution in [-0.2, 0) is 35.2 Å². The van der Waals surface area contributed by atoms with Crippen LogP contribution < -0.4 is 22.8 Å². The Kier molecular flexibility index (Phi) is 28.3. The fourth-order valence-corrected chi connectivity index (χ4v) is 22.9. The number of nitrogens with zero attached hydrogens (tertiary/aromatic N) is 5. The molecule has 128 heavy (non-hydrogen) atoms. The number of pyridine rings is 5. The summed E-state index contributed by atoms with van der Waals surface area (Å²) in [5.41, 5.74) is 44.0. The number of benzene rings is 10. The van der Waals surface area contributed by atoms with Crippen LogP contribution in [-0.4, -0.2) is 0 Å². The molecule has 10 aromatic carbocycles. The van der Waals surface area contributed by atoms with Crippen molar-refractivity contribution in [3.05, 3.63) is 324 Å². The lowest BCUT2D eigenvalue weighted by Crippen LogP contribution is -2.32. The summed E-state index contributed by atoms with van der Waals surface area (Å²) in [5.74, 6) is 3.32. The molecule has 0 radical (unpaired) electrons. The van der Waals surface area contributed by atoms with Crippen LogP contribution in [0.5, 0.6) is 0 Å². The van der Waals surface area contributed by atoms with Crippen molar-refractivity contribution in [2.45, 2.75) is 274 Å². The van der Waals surface area contributed by atoms with E-state index in [1.54, 1.807) is 17.2 Å². The van der Waals surface area contributed by atoms with Gasteiger partial charge < -0.3 is 0 Å². The highest BCUT2D eigenvalue weighted by Crippen LogP contribution is 2.43. The molecule has 0 spiro atoms. The highest BCUT2D eigenvalue weighted by Gasteiger charge is 2.30. The predicted octanol–water partition coefficient (Wildman–Crippen LogP) is 30.7. The van der Waals surface area contributed by atoms with E-state index in [9.17, 15) is 4.39 Å². The highest BCUT2D eigenvalue weighted by atomic mass is 19.1. The average molecular weight is 1700 g/mol. The molecule has 5 fully saturated rings. The van der Waals surface area contributed by atoms with Crippen LogP contribution in [0.25, 0.3) is 111 Å². The van der Waals surface area contributed by atoms with Crippen molar-refractivity contribution in [2.75, 3.05) is 0 Å². The van der Waals surface area contributed by atoms with Crippen LogP contribution >= 0.6 is 0 Å². The standard InChI is InChI=1S/2C25H30N.C24H27FN.2C24H28N/c1-17-15-18(2)19(3)23(16-17)25-14-13-22-21(20-9-6-5-7-10-20)11-8-12-24(22)26(25)4;1-17-14-18(2)19(3)23(15-17)24-13-12-21-10-11-22(16-25(21)26(24)4)20-8-6-5-7-9-20;1-15-11-16(2)17(3)20(12-15)23-10-9-19-13-22(25)21(14-24(19)26(23)4)18-7-5-6-8-18;1-17-12-13-18(2)22(16-17)24-15-14-21-20(19-8-5-4-6-9-19)10-7-11-23(21)25(24)3;1-17-9-10-18(2)22(15-17)23-14-13-20-11-12-21(16-24(20)25(23)3)19-7-5-4-6-8-19/h8,11-16,20H,5-7,9-10H2,1-4H3;10-16,20H,5-9H2,1-4H3;9-14,18H,5-8H2,1-4H3;7,10-16,19H,4-6,8-9H2,1-3H3;9-16,19H,4-8H2,1-3H3/q5*+1. The van der Waals surface area contributed by atoms with E-state index in [0.29, 0.717) is 5.92 Å². The molecule has 0 saturated heterocycles. The van der Waals surface area contributed by atoms with Crippen LogP contribution in [0.1, 0.15) is 284 Å². The molecule has 658 valence electrons. The molecule has 5 aliphatic rings. The summed E-state index contributed by atoms with van der Waals surface area (Å²) in [6, 6.07) is 81.7. The zero-order valence-corrected chi connectivity index (χ0v) is 80.8. The molecule has 6 heteroatoms. The summed E-state index contributed by atoms with van der Waals surface area (Å²) >= 11 is 0. The van der Waals surface area contributed by atoms with Gasteiger partial charge in [0.2, 0.25) is 56.1 Å². The minimum atomic E-state index is -0.0419. The van der Waals surface area contributed by atoms with E-state index in [2.05, 4.69) is 360 Å². The molecular formula is C122H143FN5+5. The van der Waals surface area contributed by atoms with Crippen LogP contribution in [0.2, 0.25) is 0 Å². The van der Waals surface area contributed by atoms with Crippen molar-refractivity contribution >= 4 is 54.5 Å². The maximum absolute atomic E-state index is 14.7. The van der Waals surface area contributed by atoms with Gasteiger partial charge >= 0.3 is 0 Å². The van der Waals surface area contributed by atoms with Gasteiger partial charge in [-0.15, -0.1) is 0 Å². The number of hydrogen-bond donors (Lipinski definition) is 0. The van der Waals surface area contributed by atoms with Gasteiger partial charge in [0.15, 0.2) is 0 Å². The van der Waals surface area contributed by atoms with Crippen molar-refractivity contribution in [3.8, 4) is 56.3 Å². The zero-order valence-electron chi connectivity index (χ0n) is 80.8. The van der Waals surface area contributed by atoms with Crippen LogP contribution in [0, 0.1) is 95.8 Å². The molecule has 0 N–H and O–H groups in total. The Labute approximate surface area is 766 Å². The summed E-state index contributed by atoms with van der Waals surface area (Å²) in [5, 5.41) is 6.50. The molecule has 20 rings (SSSR count). The lowest BCUT2D eigenvalue weighted by Gasteiger charge is -2.23. The second kappa shape index (κ2) is 40.0. The summed E-state index contributed by atoms with van der Waals surface area (Å²) in [6.45, 7) is 28.6. The van der Waals surface area contributed by atoms with E-state index < -0.39 is 0 Å². The van der Waals surface area contributed by atoms with E-state index in [1.165, 1.54) is 325 Å². The monoisotopic (exact) mass is 1700 g/mol. The molecule has 5 nitrogen and oxygen atoms in total. The van der Waals surface area contributed by atoms with E-state index in [4.69, 9.17) is 0 Å². The van der Waals surface area contributed by atoms with Gasteiger partial charge in [-0.3, -0.25) is 0 Å². The van der Waals surface area contributed by atoms with Crippen molar-refractivity contribution in [1.29, 1.82) is 0 Å². The zero-order chi connectivity index (χ0) is 89.7. The molecule has 5 heterocycles. The quantitative estimate of drug-likeness (QED) is 0.122. The number of aromatic nitrogens is 5. The minimum Gasteiger partial charge on any atom is -0.207 e. The van der Waals surface area contributed by atoms with Crippen molar-refractivity contribution in [1.82, 2.24) is 0 Å². The van der Waals surface area contributed by atoms with Gasteiger partial charge in [0.05, 0.1) is 0 Å². The molecule has 5 aromatic heterocycles. The third-order valence-electron chi connectivity index (χ3n) is 30.8. The summed E-state index contributed by atoms with van der Waals surface area (Å²) in [4.78, 5) is 0. The summed E-state index contributed by atoms with van der Waals surface area (Å²) < 4.78 is 26.5. The molecule has 0 aliphatic heterocycles. The first-order chi connectivity index (χ1) is 61.8. The smallest absolute Gasteiger partial charge is 0.207 e. The van der Waals surface area contributed by atoms with Gasteiger partial charge in [-0.25, -0.2) is 4.39 Å². The molecular weight excluding hydrogens is 1550 g/mol. The van der Waals surface area contributed by atoms with Crippen molar-refractivity contribution in [2.24, 2.45) is 35.2 Å². The topological polar surface area (TPSA) is 19.4 Å². The third-order valence-corrected chi connectivity index (χ3v) is 30.8. The van der Waals surface area contributed by atoms with Crippen molar-refractivity contribution < 1.29 is 27.2 Å². The second-order valence-corrected chi connectivity index (χ2v) is 39.7. The first-order valence-corrected chi connectivity index (χ1v) is 49.0. The maximum Gasteiger partial charge on any atom is 0.213 e. The fourth-order valence-electron chi connectivity index (χ4n) is 22.9. The van der Waals surface area contributed by atoms with Crippen LogP contribution in [0.3, 0.4) is 0 Å². The Morgan fingerprint density at radius 1 is 0.219 bits per heavy atom. The fraction of sp³-hybridized carbons (Fsp3) is 0.385. The Balaban J connectivity index is 0.000000117. The summed E-state index contributed by atoms with van der Waals surface area (Å²) in [7, 11) is 11.0. The Morgan fingerprint density at radius 3 is 0.875 bits per heavy atom. The largest absolute Gasteiger partial charge is 0.213 e. The molecule has 0 bridgehead atoms. The Bertz CT molecular complexity index is 6470. The average Bonchev–Trinajstić information content (AvgIpc) is 0.804. The molecule has 0 atom stereocenters. The lowest BCUT2D eigenvalue weighted by atomic mass is 9.82. The number of halogens is 1. The van der Waals surface area contributed by atoms with Crippen molar-refractivity contribution in [3.63, 3.8) is 0 Å². The predicted molar refractivity (Wildman–Crippen MR) is 539 cm³/mol. The normalized spacial score (nSPS) is 15.5. The molecule has 0 unspecified atom stereocenters. The maximum atomic E-state index is 14.7. The number of hydrogen-bond acceptors (Lipinski definition) is 0. The third kappa shape index (κ3) is 19.5. The summed E-state index contributed by atoms with van der Waals surface area (Å²) in [6.07, 6.45) is 32.2. The van der Waals surface area contributed by atoms with Gasteiger partial charge in [0.25, 0.3) is 0 Å². The number of aryl methyl sites for hydroxylation is 15. The Hall–Kier alpha value is -10.8. The molecule has 5 saturated carbocycles. The van der Waals surface area contributed by atoms with E-state index >= 15 is 0 Å². The Morgan fingerprint density at radius 2 is 0.508 bits per heavy atom. The highest BCUT2D eigenvalue weighted by molar-refractivity contribution is 5.86. The number of rotatable bonds is 10. The SMILES string of the molecule is Cc1cc(C)c(C)c(-c2ccc3c(C4CCCCC4)cccc3[n+]2C)c1.Cc1cc(C)c(C)c(-c2ccc3cc(F)c(C4CCCC4)cc3[n+]2C)c1.Cc1cc(C)c(C)c(-c2ccc3ccc(C4CCCCC4)cc3[n+]2C)c1.Cc1ccc(C)c(-c2ccc3c(C4CCCCC4)cccc3[n+]2C)c1.Cc1ccc(C)c(-c2ccc3ccc(C4CCCCC4)cc3[n+]2C)c1. The van der Waals surface area contributed by atoms with Crippen LogP contribution in [0.4, 0.5) is 4.39 Å². The molecule has 15 aromatic rings. The molecule has 0 amide bonds. The van der Waals surface area contributed by atoms with Gasteiger partial charge in [0, 0.05) is 115 Å². The van der Waals surface area contributed by atoms with Gasteiger partial charge in [0.1, 0.15) is 41.1 Å². The van der Waals surface area contributed by atoms with Gasteiger partial charge in [-0.05, 0) is 335 Å². The number of fused-ring (bicyclic) bond motifs is 5. The first-order valence-electron chi connectivity index (χ1n) is 49.0. The second-order valence-electron chi connectivity index (χ2n) is 39.7. The first kappa shape index (κ1) is 90.5. The van der Waals surface area contributed by atoms with Crippen LogP contribution in [0.15, 0.2) is 218 Å². The van der Waals surface area contributed by atoms with E-state index in [1.807, 2.05) is 0 Å². The minimum absolute atomic E-state index is 0.0419. The van der Waals surface area contributed by atoms with E-state index in [-0.39, 0.29) is 5.82 Å².